The molecule has 0 radical (unpaired) electrons. The zero-order chi connectivity index (χ0) is 25.0. The first-order valence-corrected chi connectivity index (χ1v) is 14.2. The number of nitrogens with zero attached hydrogens (tertiary/aromatic N) is 2. The fourth-order valence-corrected chi connectivity index (χ4v) is 6.22. The minimum atomic E-state index is -3.65. The SMILES string of the molecule is C[C@@H]1C[C@H](NS(=O)(=O)N(C)C)[C@@H]2COC3CCC(CC3)c3cccc(c3)OCCCCOC(=O)N12. The van der Waals surface area contributed by atoms with Crippen LogP contribution in [0.15, 0.2) is 24.3 Å². The van der Waals surface area contributed by atoms with E-state index in [-0.39, 0.29) is 25.4 Å². The van der Waals surface area contributed by atoms with Gasteiger partial charge >= 0.3 is 6.09 Å². The number of fused-ring (bicyclic) bond motifs is 9. The largest absolute Gasteiger partial charge is 0.494 e. The molecule has 0 aromatic heterocycles. The Bertz CT molecular complexity index is 964. The normalized spacial score (nSPS) is 30.8. The van der Waals surface area contributed by atoms with E-state index in [0.29, 0.717) is 25.4 Å². The molecule has 4 aliphatic rings. The van der Waals surface area contributed by atoms with Gasteiger partial charge in [-0.1, -0.05) is 12.1 Å². The van der Waals surface area contributed by atoms with Crippen molar-refractivity contribution >= 4 is 16.3 Å². The highest BCUT2D eigenvalue weighted by molar-refractivity contribution is 7.87. The number of benzene rings is 1. The maximum Gasteiger partial charge on any atom is 0.410 e. The molecule has 3 atom stereocenters. The van der Waals surface area contributed by atoms with Crippen LogP contribution in [0.25, 0.3) is 0 Å². The summed E-state index contributed by atoms with van der Waals surface area (Å²) in [6, 6.07) is 7.33. The summed E-state index contributed by atoms with van der Waals surface area (Å²) in [6.07, 6.45) is 5.54. The molecular weight excluding hydrogens is 470 g/mol. The second kappa shape index (κ2) is 11.5. The van der Waals surface area contributed by atoms with Crippen LogP contribution in [-0.4, -0.2) is 81.9 Å². The Hall–Kier alpha value is -1.88. The van der Waals surface area contributed by atoms with Gasteiger partial charge in [0, 0.05) is 26.2 Å². The molecule has 1 N–H and O–H groups in total. The van der Waals surface area contributed by atoms with Gasteiger partial charge in [0.05, 0.1) is 32.0 Å². The molecule has 196 valence electrons. The van der Waals surface area contributed by atoms with Crippen molar-refractivity contribution in [3.05, 3.63) is 29.8 Å². The summed E-state index contributed by atoms with van der Waals surface area (Å²) < 4.78 is 46.9. The van der Waals surface area contributed by atoms with Crippen LogP contribution in [0, 0.1) is 0 Å². The van der Waals surface area contributed by atoms with Gasteiger partial charge in [0.2, 0.25) is 0 Å². The Kier molecular flexibility index (Phi) is 8.57. The van der Waals surface area contributed by atoms with Gasteiger partial charge in [-0.25, -0.2) is 4.79 Å². The minimum absolute atomic E-state index is 0.0875. The van der Waals surface area contributed by atoms with E-state index in [1.807, 2.05) is 13.0 Å². The summed E-state index contributed by atoms with van der Waals surface area (Å²) in [6.45, 7) is 3.06. The number of rotatable bonds is 3. The Morgan fingerprint density at radius 1 is 1.06 bits per heavy atom. The second-order valence-electron chi connectivity index (χ2n) is 10.1. The van der Waals surface area contributed by atoms with Crippen LogP contribution in [0.5, 0.6) is 5.75 Å². The third-order valence-electron chi connectivity index (χ3n) is 7.42. The van der Waals surface area contributed by atoms with Crippen molar-refractivity contribution in [1.29, 1.82) is 0 Å². The summed E-state index contributed by atoms with van der Waals surface area (Å²) in [7, 11) is -0.670. The molecule has 0 spiro atoms. The highest BCUT2D eigenvalue weighted by Crippen LogP contribution is 2.36. The van der Waals surface area contributed by atoms with Crippen molar-refractivity contribution in [1.82, 2.24) is 13.9 Å². The molecule has 5 rings (SSSR count). The first-order chi connectivity index (χ1) is 16.7. The van der Waals surface area contributed by atoms with E-state index in [9.17, 15) is 13.2 Å². The number of ether oxygens (including phenoxy) is 3. The van der Waals surface area contributed by atoms with Gasteiger partial charge in [0.1, 0.15) is 5.75 Å². The van der Waals surface area contributed by atoms with Gasteiger partial charge < -0.3 is 14.2 Å². The van der Waals surface area contributed by atoms with Gasteiger partial charge in [-0.05, 0) is 75.5 Å². The van der Waals surface area contributed by atoms with Crippen LogP contribution in [0.4, 0.5) is 4.79 Å². The van der Waals surface area contributed by atoms with Crippen molar-refractivity contribution in [2.45, 2.75) is 82.0 Å². The number of carbonyl (C=O) groups is 1. The molecule has 10 heteroatoms. The van der Waals surface area contributed by atoms with Crippen LogP contribution < -0.4 is 9.46 Å². The molecule has 4 bridgehead atoms. The third kappa shape index (κ3) is 6.47. The smallest absolute Gasteiger partial charge is 0.410 e. The first kappa shape index (κ1) is 26.2. The van der Waals surface area contributed by atoms with E-state index < -0.39 is 28.4 Å². The van der Waals surface area contributed by atoms with Gasteiger partial charge in [-0.15, -0.1) is 0 Å². The topological polar surface area (TPSA) is 97.4 Å². The van der Waals surface area contributed by atoms with Crippen LogP contribution in [0.3, 0.4) is 0 Å². The number of nitrogens with one attached hydrogen (secondary N) is 1. The Balaban J connectivity index is 1.51. The molecule has 0 unspecified atom stereocenters. The monoisotopic (exact) mass is 509 g/mol. The fraction of sp³-hybridized carbons (Fsp3) is 0.720. The zero-order valence-corrected chi connectivity index (χ0v) is 21.8. The maximum atomic E-state index is 13.1. The number of carbonyl (C=O) groups excluding carboxylic acids is 1. The van der Waals surface area contributed by atoms with E-state index in [1.165, 1.54) is 19.7 Å². The van der Waals surface area contributed by atoms with Crippen LogP contribution in [-0.2, 0) is 19.7 Å². The highest BCUT2D eigenvalue weighted by Gasteiger charge is 2.45. The van der Waals surface area contributed by atoms with Crippen molar-refractivity contribution in [2.75, 3.05) is 33.9 Å². The molecule has 1 aromatic carbocycles. The summed E-state index contributed by atoms with van der Waals surface area (Å²) in [5, 5.41) is 0. The Morgan fingerprint density at radius 3 is 2.49 bits per heavy atom. The van der Waals surface area contributed by atoms with Gasteiger partial charge in [0.15, 0.2) is 0 Å². The fourth-order valence-electron chi connectivity index (χ4n) is 5.38. The molecule has 1 aromatic rings. The molecule has 1 saturated carbocycles. The summed E-state index contributed by atoms with van der Waals surface area (Å²) in [5.41, 5.74) is 1.31. The van der Waals surface area contributed by atoms with E-state index in [4.69, 9.17) is 14.2 Å². The molecule has 1 aliphatic carbocycles. The summed E-state index contributed by atoms with van der Waals surface area (Å²) in [4.78, 5) is 14.7. The average Bonchev–Trinajstić information content (AvgIpc) is 3.13. The number of amides is 1. The van der Waals surface area contributed by atoms with Crippen molar-refractivity contribution in [3.63, 3.8) is 0 Å². The predicted molar refractivity (Wildman–Crippen MR) is 133 cm³/mol. The molecule has 2 fully saturated rings. The lowest BCUT2D eigenvalue weighted by molar-refractivity contribution is -0.0107. The van der Waals surface area contributed by atoms with Crippen LogP contribution in [0.1, 0.15) is 63.4 Å². The lowest BCUT2D eigenvalue weighted by Gasteiger charge is -2.33. The summed E-state index contributed by atoms with van der Waals surface area (Å²) in [5.74, 6) is 1.37. The number of hydrogen-bond acceptors (Lipinski definition) is 6. The predicted octanol–water partition coefficient (Wildman–Crippen LogP) is 3.27. The van der Waals surface area contributed by atoms with Crippen molar-refractivity contribution in [3.8, 4) is 5.75 Å². The number of hydrogen-bond donors (Lipinski definition) is 1. The van der Waals surface area contributed by atoms with E-state index in [0.717, 1.165) is 42.2 Å². The van der Waals surface area contributed by atoms with Crippen molar-refractivity contribution < 1.29 is 27.4 Å². The average molecular weight is 510 g/mol. The van der Waals surface area contributed by atoms with E-state index in [1.54, 1.807) is 4.90 Å². The first-order valence-electron chi connectivity index (χ1n) is 12.7. The lowest BCUT2D eigenvalue weighted by atomic mass is 9.82. The Labute approximate surface area is 209 Å². The Morgan fingerprint density at radius 2 is 1.77 bits per heavy atom. The molecular formula is C25H39N3O6S. The van der Waals surface area contributed by atoms with Gasteiger partial charge in [0.25, 0.3) is 10.2 Å². The quantitative estimate of drug-likeness (QED) is 0.672. The molecule has 3 aliphatic heterocycles. The molecule has 3 heterocycles. The molecule has 9 nitrogen and oxygen atoms in total. The van der Waals surface area contributed by atoms with E-state index in [2.05, 4.69) is 22.9 Å². The molecule has 1 amide bonds. The van der Waals surface area contributed by atoms with Crippen LogP contribution >= 0.6 is 0 Å². The third-order valence-corrected chi connectivity index (χ3v) is 8.98. The van der Waals surface area contributed by atoms with Gasteiger partial charge in [-0.2, -0.15) is 17.4 Å². The van der Waals surface area contributed by atoms with E-state index >= 15 is 0 Å². The van der Waals surface area contributed by atoms with Crippen LogP contribution in [0.2, 0.25) is 0 Å². The zero-order valence-electron chi connectivity index (χ0n) is 21.0. The maximum absolute atomic E-state index is 13.1. The summed E-state index contributed by atoms with van der Waals surface area (Å²) >= 11 is 0. The van der Waals surface area contributed by atoms with Gasteiger partial charge in [-0.3, -0.25) is 4.90 Å². The molecule has 35 heavy (non-hydrogen) atoms. The van der Waals surface area contributed by atoms with Crippen molar-refractivity contribution in [2.24, 2.45) is 0 Å². The highest BCUT2D eigenvalue weighted by atomic mass is 32.2. The lowest BCUT2D eigenvalue weighted by Crippen LogP contribution is -2.52. The minimum Gasteiger partial charge on any atom is -0.494 e. The molecule has 1 saturated heterocycles. The standard InChI is InChI=1S/C25H39N3O6S/c1-18-15-23(26-35(30,31)27(2)3)24-17-34-21-11-9-19(10-12-21)20-7-6-8-22(16-20)32-13-4-5-14-33-25(29)28(18)24/h6-8,16,18-19,21,23-24,26H,4-5,9-15,17H2,1-3H3/t18-,19?,21?,23+,24+/m1/s1. The second-order valence-corrected chi connectivity index (χ2v) is 12.0.